The van der Waals surface area contributed by atoms with Gasteiger partial charge in [0, 0.05) is 6.54 Å². The highest BCUT2D eigenvalue weighted by Gasteiger charge is 2.15. The van der Waals surface area contributed by atoms with Crippen LogP contribution in [0.15, 0.2) is 34.9 Å². The minimum absolute atomic E-state index is 0.183. The van der Waals surface area contributed by atoms with Crippen molar-refractivity contribution in [2.45, 2.75) is 25.8 Å². The van der Waals surface area contributed by atoms with Crippen molar-refractivity contribution in [3.05, 3.63) is 53.5 Å². The van der Waals surface area contributed by atoms with Crippen molar-refractivity contribution in [3.8, 4) is 0 Å². The Bertz CT molecular complexity index is 612. The van der Waals surface area contributed by atoms with Crippen LogP contribution in [-0.4, -0.2) is 17.4 Å². The first-order chi connectivity index (χ1) is 10.1. The number of carbonyl (C=O) groups excluding carboxylic acids is 1. The van der Waals surface area contributed by atoms with Gasteiger partial charge in [-0.1, -0.05) is 25.1 Å². The van der Waals surface area contributed by atoms with Crippen molar-refractivity contribution in [2.24, 2.45) is 5.73 Å². The highest BCUT2D eigenvalue weighted by molar-refractivity contribution is 5.91. The van der Waals surface area contributed by atoms with Crippen LogP contribution in [0.3, 0.4) is 0 Å². The molecule has 6 heteroatoms. The Labute approximate surface area is 122 Å². The van der Waals surface area contributed by atoms with Crippen LogP contribution in [0.4, 0.5) is 4.39 Å². The van der Waals surface area contributed by atoms with Gasteiger partial charge in [-0.2, -0.15) is 0 Å². The van der Waals surface area contributed by atoms with Crippen LogP contribution in [0.25, 0.3) is 0 Å². The molecule has 112 valence electrons. The molecule has 2 aromatic rings. The smallest absolute Gasteiger partial charge is 0.273 e. The van der Waals surface area contributed by atoms with Gasteiger partial charge in [-0.05, 0) is 24.5 Å². The Hall–Kier alpha value is -2.21. The highest BCUT2D eigenvalue weighted by atomic mass is 19.1. The summed E-state index contributed by atoms with van der Waals surface area (Å²) in [5.74, 6) is -0.286. The number of hydrogen-bond donors (Lipinski definition) is 2. The number of halogens is 1. The number of nitrogens with two attached hydrogens (primary N) is 1. The van der Waals surface area contributed by atoms with Crippen molar-refractivity contribution in [1.29, 1.82) is 0 Å². The first-order valence-corrected chi connectivity index (χ1v) is 6.84. The second-order valence-electron chi connectivity index (χ2n) is 4.68. The van der Waals surface area contributed by atoms with E-state index in [1.807, 2.05) is 6.92 Å². The van der Waals surface area contributed by atoms with Gasteiger partial charge in [0.05, 0.1) is 6.04 Å². The zero-order valence-electron chi connectivity index (χ0n) is 11.8. The fraction of sp³-hybridized carbons (Fsp3) is 0.333. The topological polar surface area (TPSA) is 81.1 Å². The number of hydrogen-bond acceptors (Lipinski definition) is 4. The fourth-order valence-electron chi connectivity index (χ4n) is 1.84. The van der Waals surface area contributed by atoms with Gasteiger partial charge in [0.25, 0.3) is 5.91 Å². The Morgan fingerprint density at radius 3 is 2.95 bits per heavy atom. The molecule has 1 aromatic carbocycles. The molecule has 1 aromatic heterocycles. The third kappa shape index (κ3) is 3.88. The Morgan fingerprint density at radius 2 is 2.24 bits per heavy atom. The quantitative estimate of drug-likeness (QED) is 0.855. The van der Waals surface area contributed by atoms with Crippen LogP contribution in [0.1, 0.15) is 41.3 Å². The lowest BCUT2D eigenvalue weighted by molar-refractivity contribution is 0.0949. The van der Waals surface area contributed by atoms with Crippen molar-refractivity contribution in [2.75, 3.05) is 6.54 Å². The maximum absolute atomic E-state index is 13.4. The lowest BCUT2D eigenvalue weighted by Crippen LogP contribution is -2.26. The minimum Gasteiger partial charge on any atom is -0.446 e. The summed E-state index contributed by atoms with van der Waals surface area (Å²) in [5.41, 5.74) is 6.52. The van der Waals surface area contributed by atoms with Crippen molar-refractivity contribution in [1.82, 2.24) is 10.3 Å². The summed E-state index contributed by atoms with van der Waals surface area (Å²) in [6.45, 7) is 2.23. The van der Waals surface area contributed by atoms with Crippen LogP contribution in [-0.2, 0) is 6.42 Å². The van der Waals surface area contributed by atoms with Crippen LogP contribution >= 0.6 is 0 Å². The maximum atomic E-state index is 13.4. The summed E-state index contributed by atoms with van der Waals surface area (Å²) in [5, 5.41) is 2.68. The summed E-state index contributed by atoms with van der Waals surface area (Å²) in [4.78, 5) is 15.9. The van der Waals surface area contributed by atoms with E-state index < -0.39 is 0 Å². The van der Waals surface area contributed by atoms with E-state index in [0.717, 1.165) is 0 Å². The molecule has 0 aliphatic heterocycles. The van der Waals surface area contributed by atoms with E-state index in [9.17, 15) is 9.18 Å². The predicted octanol–water partition coefficient (Wildman–Crippen LogP) is 2.20. The lowest BCUT2D eigenvalue weighted by atomic mass is 10.1. The second kappa shape index (κ2) is 6.99. The van der Waals surface area contributed by atoms with E-state index in [0.29, 0.717) is 30.8 Å². The summed E-state index contributed by atoms with van der Waals surface area (Å²) >= 11 is 0. The third-order valence-corrected chi connectivity index (χ3v) is 3.15. The number of amides is 1. The van der Waals surface area contributed by atoms with E-state index >= 15 is 0 Å². The summed E-state index contributed by atoms with van der Waals surface area (Å²) < 4.78 is 18.6. The Kier molecular flexibility index (Phi) is 5.05. The molecule has 0 fully saturated rings. The largest absolute Gasteiger partial charge is 0.446 e. The van der Waals surface area contributed by atoms with Gasteiger partial charge >= 0.3 is 0 Å². The first kappa shape index (κ1) is 15.2. The van der Waals surface area contributed by atoms with E-state index in [-0.39, 0.29) is 23.5 Å². The molecule has 0 saturated carbocycles. The molecular weight excluding hydrogens is 273 g/mol. The van der Waals surface area contributed by atoms with Crippen LogP contribution < -0.4 is 11.1 Å². The Morgan fingerprint density at radius 1 is 1.48 bits per heavy atom. The van der Waals surface area contributed by atoms with Crippen molar-refractivity contribution >= 4 is 5.91 Å². The molecule has 0 aliphatic rings. The van der Waals surface area contributed by atoms with E-state index in [1.165, 1.54) is 12.3 Å². The summed E-state index contributed by atoms with van der Waals surface area (Å²) in [6.07, 6.45) is 2.37. The predicted molar refractivity (Wildman–Crippen MR) is 76.2 cm³/mol. The molecule has 0 saturated heterocycles. The fourth-order valence-corrected chi connectivity index (χ4v) is 1.84. The van der Waals surface area contributed by atoms with Gasteiger partial charge in [0.1, 0.15) is 12.1 Å². The molecular formula is C15H18FN3O2. The number of oxazole rings is 1. The average molecular weight is 291 g/mol. The summed E-state index contributed by atoms with van der Waals surface area (Å²) in [6, 6.07) is 6.16. The van der Waals surface area contributed by atoms with Crippen molar-refractivity contribution < 1.29 is 13.6 Å². The standard InChI is InChI=1S/C15H18FN3O2/c1-2-12(17)15-19-13(9-21-15)14(20)18-8-7-10-5-3-4-6-11(10)16/h3-6,9,12H,2,7-8,17H2,1H3,(H,18,20). The molecule has 5 nitrogen and oxygen atoms in total. The first-order valence-electron chi connectivity index (χ1n) is 6.84. The maximum Gasteiger partial charge on any atom is 0.273 e. The zero-order valence-corrected chi connectivity index (χ0v) is 11.8. The Balaban J connectivity index is 1.87. The number of carbonyl (C=O) groups is 1. The van der Waals surface area contributed by atoms with Crippen LogP contribution in [0.5, 0.6) is 0 Å². The molecule has 1 heterocycles. The average Bonchev–Trinajstić information content (AvgIpc) is 2.98. The molecule has 1 amide bonds. The van der Waals surface area contributed by atoms with Crippen LogP contribution in [0, 0.1) is 5.82 Å². The normalized spacial score (nSPS) is 12.1. The van der Waals surface area contributed by atoms with E-state index in [2.05, 4.69) is 10.3 Å². The van der Waals surface area contributed by atoms with E-state index in [4.69, 9.17) is 10.2 Å². The van der Waals surface area contributed by atoms with Crippen LogP contribution in [0.2, 0.25) is 0 Å². The molecule has 0 spiro atoms. The number of nitrogens with zero attached hydrogens (tertiary/aromatic N) is 1. The lowest BCUT2D eigenvalue weighted by Gasteiger charge is -2.04. The second-order valence-corrected chi connectivity index (χ2v) is 4.68. The van der Waals surface area contributed by atoms with Gasteiger partial charge in [-0.25, -0.2) is 9.37 Å². The summed E-state index contributed by atoms with van der Waals surface area (Å²) in [7, 11) is 0. The van der Waals surface area contributed by atoms with Crippen molar-refractivity contribution in [3.63, 3.8) is 0 Å². The number of aromatic nitrogens is 1. The SMILES string of the molecule is CCC(N)c1nc(C(=O)NCCc2ccccc2F)co1. The molecule has 0 radical (unpaired) electrons. The highest BCUT2D eigenvalue weighted by Crippen LogP contribution is 2.13. The molecule has 3 N–H and O–H groups in total. The molecule has 1 unspecified atom stereocenters. The monoisotopic (exact) mass is 291 g/mol. The molecule has 0 aliphatic carbocycles. The third-order valence-electron chi connectivity index (χ3n) is 3.15. The molecule has 2 rings (SSSR count). The molecule has 0 bridgehead atoms. The van der Waals surface area contributed by atoms with Gasteiger partial charge in [0.15, 0.2) is 5.69 Å². The van der Waals surface area contributed by atoms with Gasteiger partial charge in [-0.3, -0.25) is 4.79 Å². The number of nitrogens with one attached hydrogen (secondary N) is 1. The van der Waals surface area contributed by atoms with Gasteiger partial charge in [0.2, 0.25) is 5.89 Å². The number of benzene rings is 1. The molecule has 1 atom stereocenters. The minimum atomic E-state index is -0.357. The van der Waals surface area contributed by atoms with Gasteiger partial charge in [-0.15, -0.1) is 0 Å². The molecule has 21 heavy (non-hydrogen) atoms. The zero-order chi connectivity index (χ0) is 15.2. The number of rotatable bonds is 6. The van der Waals surface area contributed by atoms with E-state index in [1.54, 1.807) is 18.2 Å². The van der Waals surface area contributed by atoms with Gasteiger partial charge < -0.3 is 15.5 Å².